The number of hydrogen-bond donors (Lipinski definition) is 1. The van der Waals surface area contributed by atoms with Crippen molar-refractivity contribution in [3.05, 3.63) is 84.5 Å². The average Bonchev–Trinajstić information content (AvgIpc) is 2.68. The second-order valence-electron chi connectivity index (χ2n) is 4.85. The van der Waals surface area contributed by atoms with Crippen molar-refractivity contribution in [2.24, 2.45) is 0 Å². The highest BCUT2D eigenvalue weighted by Gasteiger charge is 2.09. The van der Waals surface area contributed by atoms with Crippen LogP contribution in [-0.2, 0) is 19.4 Å². The van der Waals surface area contributed by atoms with Crippen LogP contribution in [-0.4, -0.2) is 5.11 Å². The number of phenols is 1. The zero-order valence-corrected chi connectivity index (χ0v) is 16.1. The minimum Gasteiger partial charge on any atom is -0.507 e. The molecule has 0 aliphatic carbocycles. The molecule has 2 heteroatoms. The van der Waals surface area contributed by atoms with Crippen LogP contribution in [0, 0.1) is 0 Å². The third-order valence-corrected chi connectivity index (χ3v) is 3.22. The third-order valence-electron chi connectivity index (χ3n) is 3.22. The molecule has 0 unspecified atom stereocenters. The summed E-state index contributed by atoms with van der Waals surface area (Å²) in [5.74, 6) is 1.06. The molecule has 0 amide bonds. The fourth-order valence-electron chi connectivity index (χ4n) is 2.17. The number of aromatic hydroxyl groups is 1. The van der Waals surface area contributed by atoms with Gasteiger partial charge in [0.15, 0.2) is 0 Å². The maximum Gasteiger partial charge on any atom is 0.122 e. The minimum atomic E-state index is 0.307. The van der Waals surface area contributed by atoms with E-state index in [0.29, 0.717) is 25.2 Å². The van der Waals surface area contributed by atoms with E-state index < -0.39 is 0 Å². The zero-order valence-electron chi connectivity index (χ0n) is 16.1. The van der Waals surface area contributed by atoms with E-state index in [0.717, 1.165) is 22.4 Å². The van der Waals surface area contributed by atoms with E-state index in [1.54, 1.807) is 12.2 Å². The monoisotopic (exact) mass is 340 g/mol. The Labute approximate surface area is 153 Å². The molecule has 0 radical (unpaired) electrons. The van der Waals surface area contributed by atoms with E-state index >= 15 is 0 Å². The molecule has 0 heterocycles. The molecule has 0 fully saturated rings. The van der Waals surface area contributed by atoms with Crippen molar-refractivity contribution >= 4 is 0 Å². The fourth-order valence-corrected chi connectivity index (χ4v) is 2.17. The topological polar surface area (TPSA) is 29.5 Å². The average molecular weight is 341 g/mol. The summed E-state index contributed by atoms with van der Waals surface area (Å²) in [6.07, 6.45) is 4.76. The van der Waals surface area contributed by atoms with Crippen molar-refractivity contribution in [3.63, 3.8) is 0 Å². The van der Waals surface area contributed by atoms with E-state index in [1.807, 2.05) is 70.2 Å². The Bertz CT molecular complexity index is 584. The molecule has 0 aliphatic rings. The summed E-state index contributed by atoms with van der Waals surface area (Å²) in [5, 5.41) is 10.2. The molecule has 1 N–H and O–H groups in total. The summed E-state index contributed by atoms with van der Waals surface area (Å²) in [5.41, 5.74) is 2.76. The van der Waals surface area contributed by atoms with Gasteiger partial charge in [-0.05, 0) is 30.5 Å². The molecule has 0 saturated carbocycles. The summed E-state index contributed by atoms with van der Waals surface area (Å²) in [7, 11) is 0. The number of ether oxygens (including phenoxy) is 1. The molecule has 25 heavy (non-hydrogen) atoms. The molecule has 0 aliphatic heterocycles. The summed E-state index contributed by atoms with van der Waals surface area (Å²) in [6.45, 7) is 16.0. The molecule has 2 aromatic carbocycles. The molecular weight excluding hydrogens is 308 g/mol. The first-order valence-electron chi connectivity index (χ1n) is 8.98. The van der Waals surface area contributed by atoms with Crippen LogP contribution in [0.2, 0.25) is 0 Å². The highest BCUT2D eigenvalue weighted by Crippen LogP contribution is 2.30. The van der Waals surface area contributed by atoms with Crippen molar-refractivity contribution < 1.29 is 9.84 Å². The molecular formula is C23H32O2. The first kappa shape index (κ1) is 22.5. The molecule has 2 nitrogen and oxygen atoms in total. The van der Waals surface area contributed by atoms with Gasteiger partial charge in [0.2, 0.25) is 0 Å². The lowest BCUT2D eigenvalue weighted by Crippen LogP contribution is -1.98. The Kier molecular flexibility index (Phi) is 12.5. The number of benzene rings is 2. The van der Waals surface area contributed by atoms with Gasteiger partial charge in [-0.3, -0.25) is 0 Å². The van der Waals surface area contributed by atoms with Crippen molar-refractivity contribution in [3.8, 4) is 11.5 Å². The van der Waals surface area contributed by atoms with Crippen molar-refractivity contribution in [1.29, 1.82) is 0 Å². The van der Waals surface area contributed by atoms with Crippen LogP contribution >= 0.6 is 0 Å². The molecule has 0 aromatic heterocycles. The van der Waals surface area contributed by atoms with Gasteiger partial charge in [-0.1, -0.05) is 70.2 Å². The summed E-state index contributed by atoms with van der Waals surface area (Å²) >= 11 is 0. The normalized spacial score (nSPS) is 8.96. The first-order chi connectivity index (χ1) is 12.2. The van der Waals surface area contributed by atoms with Crippen molar-refractivity contribution in [1.82, 2.24) is 0 Å². The Morgan fingerprint density at radius 2 is 1.36 bits per heavy atom. The molecule has 0 bridgehead atoms. The Hall–Kier alpha value is -2.48. The Morgan fingerprint density at radius 3 is 1.80 bits per heavy atom. The maximum absolute atomic E-state index is 10.2. The van der Waals surface area contributed by atoms with Crippen LogP contribution in [0.15, 0.2) is 67.8 Å². The predicted molar refractivity (Wildman–Crippen MR) is 109 cm³/mol. The van der Waals surface area contributed by atoms with Gasteiger partial charge in [0.25, 0.3) is 0 Å². The van der Waals surface area contributed by atoms with Crippen LogP contribution < -0.4 is 4.74 Å². The van der Waals surface area contributed by atoms with Crippen LogP contribution in [0.25, 0.3) is 0 Å². The zero-order chi connectivity index (χ0) is 19.1. The standard InChI is InChI=1S/C19H20O2.2C2H6/c1-3-8-16-12-18(13-17(9-4-2)19(16)20)21-14-15-10-6-5-7-11-15;2*1-2/h3-7,10-13,20H,1-2,8-9,14H2;2*1-2H3. The third kappa shape index (κ3) is 7.75. The number of rotatable bonds is 7. The van der Waals surface area contributed by atoms with Gasteiger partial charge in [-0.15, -0.1) is 13.2 Å². The number of hydrogen-bond acceptors (Lipinski definition) is 2. The lowest BCUT2D eigenvalue weighted by Gasteiger charge is -2.12. The predicted octanol–water partition coefficient (Wildman–Crippen LogP) is 6.48. The molecule has 2 rings (SSSR count). The molecule has 136 valence electrons. The second kappa shape index (κ2) is 13.9. The van der Waals surface area contributed by atoms with Gasteiger partial charge in [-0.25, -0.2) is 0 Å². The van der Waals surface area contributed by atoms with E-state index in [4.69, 9.17) is 4.74 Å². The van der Waals surface area contributed by atoms with E-state index in [2.05, 4.69) is 13.2 Å². The van der Waals surface area contributed by atoms with Crippen LogP contribution in [0.3, 0.4) is 0 Å². The van der Waals surface area contributed by atoms with E-state index in [-0.39, 0.29) is 0 Å². The van der Waals surface area contributed by atoms with Gasteiger partial charge in [0.05, 0.1) is 0 Å². The van der Waals surface area contributed by atoms with Gasteiger partial charge < -0.3 is 9.84 Å². The minimum absolute atomic E-state index is 0.307. The van der Waals surface area contributed by atoms with Crippen molar-refractivity contribution in [2.75, 3.05) is 0 Å². The number of phenolic OH excluding ortho intramolecular Hbond substituents is 1. The van der Waals surface area contributed by atoms with Crippen LogP contribution in [0.5, 0.6) is 11.5 Å². The highest BCUT2D eigenvalue weighted by atomic mass is 16.5. The molecule has 0 spiro atoms. The van der Waals surface area contributed by atoms with Gasteiger partial charge >= 0.3 is 0 Å². The summed E-state index contributed by atoms with van der Waals surface area (Å²) < 4.78 is 5.84. The second-order valence-corrected chi connectivity index (χ2v) is 4.85. The molecule has 0 atom stereocenters. The highest BCUT2D eigenvalue weighted by molar-refractivity contribution is 5.48. The largest absolute Gasteiger partial charge is 0.507 e. The maximum atomic E-state index is 10.2. The van der Waals surface area contributed by atoms with Crippen LogP contribution in [0.4, 0.5) is 0 Å². The summed E-state index contributed by atoms with van der Waals surface area (Å²) in [6, 6.07) is 13.7. The van der Waals surface area contributed by atoms with Gasteiger partial charge in [-0.2, -0.15) is 0 Å². The summed E-state index contributed by atoms with van der Waals surface area (Å²) in [4.78, 5) is 0. The Morgan fingerprint density at radius 1 is 0.880 bits per heavy atom. The quantitative estimate of drug-likeness (QED) is 0.584. The van der Waals surface area contributed by atoms with Gasteiger partial charge in [0, 0.05) is 11.1 Å². The van der Waals surface area contributed by atoms with E-state index in [1.165, 1.54) is 0 Å². The van der Waals surface area contributed by atoms with Crippen molar-refractivity contribution in [2.45, 2.75) is 47.1 Å². The number of allylic oxidation sites excluding steroid dienone is 2. The lowest BCUT2D eigenvalue weighted by molar-refractivity contribution is 0.305. The molecule has 2 aromatic rings. The van der Waals surface area contributed by atoms with E-state index in [9.17, 15) is 5.11 Å². The first-order valence-corrected chi connectivity index (χ1v) is 8.98. The Balaban J connectivity index is 0.00000134. The lowest BCUT2D eigenvalue weighted by atomic mass is 10.0. The molecule has 0 saturated heterocycles. The van der Waals surface area contributed by atoms with Crippen LogP contribution in [0.1, 0.15) is 44.4 Å². The van der Waals surface area contributed by atoms with Gasteiger partial charge in [0.1, 0.15) is 18.1 Å². The smallest absolute Gasteiger partial charge is 0.122 e. The fraction of sp³-hybridized carbons (Fsp3) is 0.304. The SMILES string of the molecule is C=CCc1cc(OCc2ccccc2)cc(CC=C)c1O.CC.CC.